The Morgan fingerprint density at radius 2 is 2.29 bits per heavy atom. The van der Waals surface area contributed by atoms with E-state index in [2.05, 4.69) is 15.9 Å². The average molecular weight is 255 g/mol. The molecule has 1 aromatic carbocycles. The minimum atomic E-state index is -0.175. The molecule has 0 unspecified atom stereocenters. The molecule has 1 N–H and O–H groups in total. The maximum atomic E-state index is 11.2. The van der Waals surface area contributed by atoms with E-state index in [-0.39, 0.29) is 11.5 Å². The number of phenols is 1. The van der Waals surface area contributed by atoms with E-state index in [1.807, 2.05) is 0 Å². The van der Waals surface area contributed by atoms with Gasteiger partial charge in [-0.25, -0.2) is 0 Å². The zero-order valence-corrected chi connectivity index (χ0v) is 8.96. The van der Waals surface area contributed by atoms with Crippen LogP contribution < -0.4 is 0 Å². The highest BCUT2D eigenvalue weighted by molar-refractivity contribution is 9.10. The molecule has 0 spiro atoms. The lowest BCUT2D eigenvalue weighted by Gasteiger charge is -2.02. The van der Waals surface area contributed by atoms with Gasteiger partial charge in [0.25, 0.3) is 0 Å². The van der Waals surface area contributed by atoms with Gasteiger partial charge in [-0.2, -0.15) is 0 Å². The van der Waals surface area contributed by atoms with Crippen LogP contribution in [0, 0.1) is 0 Å². The summed E-state index contributed by atoms with van der Waals surface area (Å²) in [5.41, 5.74) is 0.846. The van der Waals surface area contributed by atoms with Crippen molar-refractivity contribution in [2.45, 2.75) is 6.92 Å². The molecule has 1 heterocycles. The van der Waals surface area contributed by atoms with Crippen LogP contribution in [0.3, 0.4) is 0 Å². The van der Waals surface area contributed by atoms with Gasteiger partial charge in [-0.15, -0.1) is 0 Å². The molecule has 2 aromatic rings. The second kappa shape index (κ2) is 3.13. The van der Waals surface area contributed by atoms with Crippen LogP contribution in [-0.4, -0.2) is 10.9 Å². The monoisotopic (exact) mass is 254 g/mol. The van der Waals surface area contributed by atoms with Crippen LogP contribution in [0.1, 0.15) is 17.3 Å². The van der Waals surface area contributed by atoms with Gasteiger partial charge >= 0.3 is 0 Å². The molecule has 0 aliphatic carbocycles. The number of phenolic OH excluding ortho intramolecular Hbond substituents is 1. The van der Waals surface area contributed by atoms with Crippen molar-refractivity contribution >= 4 is 32.7 Å². The lowest BCUT2D eigenvalue weighted by molar-refractivity contribution is 0.101. The SMILES string of the molecule is CC(=O)c1cc(Br)c2occc2c1O. The first kappa shape index (κ1) is 9.27. The number of aromatic hydroxyl groups is 1. The zero-order valence-electron chi connectivity index (χ0n) is 7.37. The van der Waals surface area contributed by atoms with Crippen molar-refractivity contribution in [3.05, 3.63) is 28.4 Å². The van der Waals surface area contributed by atoms with Crippen molar-refractivity contribution in [3.8, 4) is 5.75 Å². The molecule has 0 fully saturated rings. The van der Waals surface area contributed by atoms with Crippen molar-refractivity contribution in [3.63, 3.8) is 0 Å². The van der Waals surface area contributed by atoms with E-state index < -0.39 is 0 Å². The summed E-state index contributed by atoms with van der Waals surface area (Å²) in [6.07, 6.45) is 1.47. The highest BCUT2D eigenvalue weighted by Gasteiger charge is 2.14. The maximum Gasteiger partial charge on any atom is 0.163 e. The van der Waals surface area contributed by atoms with Gasteiger partial charge in [0.2, 0.25) is 0 Å². The van der Waals surface area contributed by atoms with Crippen molar-refractivity contribution in [2.24, 2.45) is 0 Å². The van der Waals surface area contributed by atoms with Crippen molar-refractivity contribution in [1.82, 2.24) is 0 Å². The Balaban J connectivity index is 2.88. The van der Waals surface area contributed by atoms with Crippen LogP contribution in [-0.2, 0) is 0 Å². The molecule has 72 valence electrons. The van der Waals surface area contributed by atoms with Crippen molar-refractivity contribution in [1.29, 1.82) is 0 Å². The second-order valence-electron chi connectivity index (χ2n) is 2.97. The van der Waals surface area contributed by atoms with Crippen LogP contribution >= 0.6 is 15.9 Å². The molecule has 0 radical (unpaired) electrons. The summed E-state index contributed by atoms with van der Waals surface area (Å²) in [6, 6.07) is 3.19. The molecule has 1 aromatic heterocycles. The van der Waals surface area contributed by atoms with E-state index in [9.17, 15) is 9.90 Å². The van der Waals surface area contributed by atoms with E-state index in [0.29, 0.717) is 21.0 Å². The normalized spacial score (nSPS) is 10.7. The number of fused-ring (bicyclic) bond motifs is 1. The van der Waals surface area contributed by atoms with Gasteiger partial charge in [0.1, 0.15) is 5.75 Å². The molecule has 0 saturated carbocycles. The Hall–Kier alpha value is -1.29. The molecule has 14 heavy (non-hydrogen) atoms. The number of furan rings is 1. The molecule has 0 saturated heterocycles. The summed E-state index contributed by atoms with van der Waals surface area (Å²) in [5.74, 6) is -0.198. The third kappa shape index (κ3) is 1.23. The first-order valence-electron chi connectivity index (χ1n) is 4.01. The van der Waals surface area contributed by atoms with E-state index in [4.69, 9.17) is 4.42 Å². The molecular weight excluding hydrogens is 248 g/mol. The number of hydrogen-bond donors (Lipinski definition) is 1. The van der Waals surface area contributed by atoms with Crippen molar-refractivity contribution < 1.29 is 14.3 Å². The lowest BCUT2D eigenvalue weighted by Crippen LogP contribution is -1.92. The van der Waals surface area contributed by atoms with E-state index in [0.717, 1.165) is 0 Å². The highest BCUT2D eigenvalue weighted by Crippen LogP contribution is 2.35. The predicted octanol–water partition coefficient (Wildman–Crippen LogP) is 3.10. The molecule has 0 atom stereocenters. The Labute approximate surface area is 88.5 Å². The summed E-state index contributed by atoms with van der Waals surface area (Å²) in [4.78, 5) is 11.2. The zero-order chi connectivity index (χ0) is 10.3. The Bertz CT molecular complexity index is 513. The van der Waals surface area contributed by atoms with Gasteiger partial charge in [0, 0.05) is 0 Å². The summed E-state index contributed by atoms with van der Waals surface area (Å²) >= 11 is 3.27. The fraction of sp³-hybridized carbons (Fsp3) is 0.100. The van der Waals surface area contributed by atoms with Crippen LogP contribution in [0.2, 0.25) is 0 Å². The number of rotatable bonds is 1. The number of Topliss-reactive ketones (excluding diaryl/α,β-unsaturated/α-hetero) is 1. The molecule has 0 bridgehead atoms. The van der Waals surface area contributed by atoms with Gasteiger partial charge in [-0.05, 0) is 35.0 Å². The van der Waals surface area contributed by atoms with Gasteiger partial charge in [-0.3, -0.25) is 4.79 Å². The first-order chi connectivity index (χ1) is 6.61. The maximum absolute atomic E-state index is 11.2. The van der Waals surface area contributed by atoms with Crippen molar-refractivity contribution in [2.75, 3.05) is 0 Å². The van der Waals surface area contributed by atoms with Crippen LogP contribution in [0.5, 0.6) is 5.75 Å². The minimum absolute atomic E-state index is 0.0237. The van der Waals surface area contributed by atoms with Gasteiger partial charge in [-0.1, -0.05) is 0 Å². The van der Waals surface area contributed by atoms with E-state index in [1.165, 1.54) is 13.2 Å². The number of ketones is 1. The van der Waals surface area contributed by atoms with Gasteiger partial charge in [0.15, 0.2) is 11.4 Å². The molecule has 2 rings (SSSR count). The fourth-order valence-electron chi connectivity index (χ4n) is 1.35. The molecule has 4 heteroatoms. The summed E-state index contributed by atoms with van der Waals surface area (Å²) in [7, 11) is 0. The van der Waals surface area contributed by atoms with E-state index in [1.54, 1.807) is 12.1 Å². The Kier molecular flexibility index (Phi) is 2.07. The first-order valence-corrected chi connectivity index (χ1v) is 4.80. The largest absolute Gasteiger partial charge is 0.506 e. The number of halogens is 1. The Morgan fingerprint density at radius 1 is 1.57 bits per heavy atom. The standard InChI is InChI=1S/C10H7BrO3/c1-5(12)7-4-8(11)10-6(9(7)13)2-3-14-10/h2-4,13H,1H3. The average Bonchev–Trinajstić information content (AvgIpc) is 2.59. The lowest BCUT2D eigenvalue weighted by atomic mass is 10.1. The number of carbonyl (C=O) groups excluding carboxylic acids is 1. The van der Waals surface area contributed by atoms with Crippen LogP contribution in [0.15, 0.2) is 27.3 Å². The Morgan fingerprint density at radius 3 is 2.93 bits per heavy atom. The van der Waals surface area contributed by atoms with Gasteiger partial charge in [0.05, 0.1) is 21.7 Å². The molecule has 0 aliphatic rings. The minimum Gasteiger partial charge on any atom is -0.506 e. The molecule has 0 aliphatic heterocycles. The summed E-state index contributed by atoms with van der Waals surface area (Å²) in [6.45, 7) is 1.41. The fourth-order valence-corrected chi connectivity index (χ4v) is 1.89. The summed E-state index contributed by atoms with van der Waals surface area (Å²) < 4.78 is 5.81. The molecule has 3 nitrogen and oxygen atoms in total. The topological polar surface area (TPSA) is 50.4 Å². The van der Waals surface area contributed by atoms with Gasteiger partial charge < -0.3 is 9.52 Å². The molecule has 0 amide bonds. The smallest absolute Gasteiger partial charge is 0.163 e. The van der Waals surface area contributed by atoms with Crippen LogP contribution in [0.25, 0.3) is 11.0 Å². The quantitative estimate of drug-likeness (QED) is 0.796. The highest BCUT2D eigenvalue weighted by atomic mass is 79.9. The third-order valence-corrected chi connectivity index (χ3v) is 2.63. The third-order valence-electron chi connectivity index (χ3n) is 2.04. The molecular formula is C10H7BrO3. The summed E-state index contributed by atoms with van der Waals surface area (Å²) in [5, 5.41) is 10.3. The number of carbonyl (C=O) groups is 1. The van der Waals surface area contributed by atoms with E-state index >= 15 is 0 Å². The second-order valence-corrected chi connectivity index (χ2v) is 3.83. The number of benzene rings is 1. The predicted molar refractivity (Wildman–Crippen MR) is 55.6 cm³/mol. The number of hydrogen-bond acceptors (Lipinski definition) is 3. The van der Waals surface area contributed by atoms with Crippen LogP contribution in [0.4, 0.5) is 0 Å².